The van der Waals surface area contributed by atoms with Gasteiger partial charge in [-0.3, -0.25) is 4.79 Å². The van der Waals surface area contributed by atoms with E-state index < -0.39 is 7.14 Å². The maximum Gasteiger partial charge on any atom is 0.230 e. The van der Waals surface area contributed by atoms with Gasteiger partial charge in [0.2, 0.25) is 5.91 Å². The number of amides is 1. The zero-order valence-corrected chi connectivity index (χ0v) is 22.5. The number of nitrogens with zero attached hydrogens (tertiary/aromatic N) is 1. The Bertz CT molecular complexity index is 778. The highest BCUT2D eigenvalue weighted by Gasteiger charge is 2.32. The highest BCUT2D eigenvalue weighted by molar-refractivity contribution is 7.79. The predicted octanol–water partition coefficient (Wildman–Crippen LogP) is 7.55. The number of benzene rings is 2. The number of hydrogen-bond acceptors (Lipinski definition) is 2. The molecule has 2 rings (SSSR count). The first-order valence-corrected chi connectivity index (χ1v) is 15.5. The van der Waals surface area contributed by atoms with Crippen molar-refractivity contribution in [3.63, 3.8) is 0 Å². The molecule has 0 radical (unpaired) electrons. The van der Waals surface area contributed by atoms with E-state index in [1.165, 1.54) is 51.4 Å². The molecule has 0 atom stereocenters. The Morgan fingerprint density at radius 1 is 0.618 bits per heavy atom. The highest BCUT2D eigenvalue weighted by Crippen LogP contribution is 2.43. The first-order chi connectivity index (χ1) is 16.6. The lowest BCUT2D eigenvalue weighted by atomic mass is 10.1. The van der Waals surface area contributed by atoms with Crippen molar-refractivity contribution in [2.24, 2.45) is 0 Å². The standard InChI is InChI=1S/C30H46NO2P/c1-3-5-7-9-11-19-25-31(26-20-12-10-8-6-4-2)30(32)27-34(33,28-21-15-13-16-22-28)29-23-17-14-18-24-29/h13-18,21-24H,3-12,19-20,25-27H2,1-2H3. The van der Waals surface area contributed by atoms with Crippen LogP contribution >= 0.6 is 7.14 Å². The van der Waals surface area contributed by atoms with E-state index in [0.29, 0.717) is 0 Å². The van der Waals surface area contributed by atoms with Gasteiger partial charge in [-0.15, -0.1) is 0 Å². The minimum atomic E-state index is -3.03. The molecule has 2 aromatic carbocycles. The van der Waals surface area contributed by atoms with Crippen molar-refractivity contribution in [2.75, 3.05) is 19.3 Å². The summed E-state index contributed by atoms with van der Waals surface area (Å²) in [6.45, 7) is 6.03. The van der Waals surface area contributed by atoms with Crippen LogP contribution in [-0.4, -0.2) is 30.1 Å². The van der Waals surface area contributed by atoms with Crippen LogP contribution in [0.1, 0.15) is 90.9 Å². The second-order valence-corrected chi connectivity index (χ2v) is 12.3. The fraction of sp³-hybridized carbons (Fsp3) is 0.567. The fourth-order valence-electron chi connectivity index (χ4n) is 4.49. The maximum absolute atomic E-state index is 14.4. The Morgan fingerprint density at radius 2 is 1.00 bits per heavy atom. The quantitative estimate of drug-likeness (QED) is 0.162. The van der Waals surface area contributed by atoms with Gasteiger partial charge in [-0.2, -0.15) is 0 Å². The third-order valence-electron chi connectivity index (χ3n) is 6.62. The van der Waals surface area contributed by atoms with Crippen LogP contribution < -0.4 is 10.6 Å². The zero-order valence-electron chi connectivity index (χ0n) is 21.6. The van der Waals surface area contributed by atoms with Gasteiger partial charge >= 0.3 is 0 Å². The second-order valence-electron chi connectivity index (χ2n) is 9.49. The van der Waals surface area contributed by atoms with Gasteiger partial charge in [0.05, 0.1) is 6.16 Å². The van der Waals surface area contributed by atoms with Crippen LogP contribution in [0, 0.1) is 0 Å². The molecule has 0 fully saturated rings. The van der Waals surface area contributed by atoms with Crippen LogP contribution in [0.3, 0.4) is 0 Å². The van der Waals surface area contributed by atoms with Crippen LogP contribution in [0.5, 0.6) is 0 Å². The van der Waals surface area contributed by atoms with Crippen LogP contribution in [0.4, 0.5) is 0 Å². The number of carbonyl (C=O) groups excluding carboxylic acids is 1. The SMILES string of the molecule is CCCCCCCCN(CCCCCCCC)C(=O)CP(=O)(c1ccccc1)c1ccccc1. The third kappa shape index (κ3) is 9.79. The maximum atomic E-state index is 14.4. The molecule has 1 amide bonds. The molecule has 0 bridgehead atoms. The summed E-state index contributed by atoms with van der Waals surface area (Å²) in [6, 6.07) is 19.2. The van der Waals surface area contributed by atoms with Crippen molar-refractivity contribution in [1.82, 2.24) is 4.90 Å². The molecule has 0 saturated heterocycles. The molecular weight excluding hydrogens is 437 g/mol. The van der Waals surface area contributed by atoms with E-state index in [0.717, 1.165) is 49.4 Å². The fourth-order valence-corrected chi connectivity index (χ4v) is 7.04. The molecule has 3 nitrogen and oxygen atoms in total. The lowest BCUT2D eigenvalue weighted by Gasteiger charge is -2.26. The van der Waals surface area contributed by atoms with E-state index in [-0.39, 0.29) is 12.1 Å². The van der Waals surface area contributed by atoms with Crippen LogP contribution in [-0.2, 0) is 9.36 Å². The van der Waals surface area contributed by atoms with Gasteiger partial charge in [0.25, 0.3) is 0 Å². The molecule has 0 unspecified atom stereocenters. The molecule has 0 aliphatic rings. The molecule has 0 aliphatic carbocycles. The minimum Gasteiger partial charge on any atom is -0.342 e. The van der Waals surface area contributed by atoms with Crippen LogP contribution in [0.25, 0.3) is 0 Å². The molecule has 4 heteroatoms. The average Bonchev–Trinajstić information content (AvgIpc) is 2.87. The summed E-state index contributed by atoms with van der Waals surface area (Å²) in [5, 5.41) is 1.54. The van der Waals surface area contributed by atoms with Gasteiger partial charge < -0.3 is 9.46 Å². The van der Waals surface area contributed by atoms with Gasteiger partial charge in [0, 0.05) is 23.7 Å². The Hall–Kier alpha value is -1.86. The van der Waals surface area contributed by atoms with E-state index in [2.05, 4.69) is 13.8 Å². The number of rotatable bonds is 18. The first-order valence-electron chi connectivity index (χ1n) is 13.6. The normalized spacial score (nSPS) is 11.5. The van der Waals surface area contributed by atoms with E-state index in [4.69, 9.17) is 0 Å². The van der Waals surface area contributed by atoms with Gasteiger partial charge in [0.1, 0.15) is 0 Å². The van der Waals surface area contributed by atoms with E-state index in [1.807, 2.05) is 65.6 Å². The Labute approximate surface area is 208 Å². The molecule has 34 heavy (non-hydrogen) atoms. The Balaban J connectivity index is 2.08. The summed E-state index contributed by atoms with van der Waals surface area (Å²) in [7, 11) is -3.03. The molecule has 188 valence electrons. The third-order valence-corrected chi connectivity index (χ3v) is 9.60. The molecule has 0 spiro atoms. The average molecular weight is 484 g/mol. The first kappa shape index (κ1) is 28.4. The topological polar surface area (TPSA) is 37.4 Å². The summed E-state index contributed by atoms with van der Waals surface area (Å²) < 4.78 is 14.4. The molecule has 0 aromatic heterocycles. The van der Waals surface area contributed by atoms with Crippen molar-refractivity contribution in [3.05, 3.63) is 60.7 Å². The van der Waals surface area contributed by atoms with Gasteiger partial charge in [-0.25, -0.2) is 0 Å². The molecule has 0 N–H and O–H groups in total. The van der Waals surface area contributed by atoms with Crippen LogP contribution in [0.2, 0.25) is 0 Å². The van der Waals surface area contributed by atoms with Gasteiger partial charge in [-0.05, 0) is 12.8 Å². The smallest absolute Gasteiger partial charge is 0.230 e. The summed E-state index contributed by atoms with van der Waals surface area (Å²) in [5.41, 5.74) is 0. The number of hydrogen-bond donors (Lipinski definition) is 0. The van der Waals surface area contributed by atoms with Gasteiger partial charge in [0.15, 0.2) is 7.14 Å². The Morgan fingerprint density at radius 3 is 1.41 bits per heavy atom. The van der Waals surface area contributed by atoms with Crippen molar-refractivity contribution in [2.45, 2.75) is 90.9 Å². The molecule has 0 aliphatic heterocycles. The lowest BCUT2D eigenvalue weighted by Crippen LogP contribution is -2.37. The monoisotopic (exact) mass is 483 g/mol. The Kier molecular flexibility index (Phi) is 14.0. The van der Waals surface area contributed by atoms with E-state index in [1.54, 1.807) is 0 Å². The van der Waals surface area contributed by atoms with Crippen LogP contribution in [0.15, 0.2) is 60.7 Å². The lowest BCUT2D eigenvalue weighted by molar-refractivity contribution is -0.128. The number of unbranched alkanes of at least 4 members (excludes halogenated alkanes) is 10. The van der Waals surface area contributed by atoms with Gasteiger partial charge in [-0.1, -0.05) is 139 Å². The molecule has 2 aromatic rings. The van der Waals surface area contributed by atoms with E-state index in [9.17, 15) is 9.36 Å². The summed E-state index contributed by atoms with van der Waals surface area (Å²) in [4.78, 5) is 15.6. The molecule has 0 saturated carbocycles. The highest BCUT2D eigenvalue weighted by atomic mass is 31.2. The molecular formula is C30H46NO2P. The molecule has 0 heterocycles. The number of carbonyl (C=O) groups is 1. The summed E-state index contributed by atoms with van der Waals surface area (Å²) in [6.07, 6.45) is 14.6. The van der Waals surface area contributed by atoms with Crippen molar-refractivity contribution < 1.29 is 9.36 Å². The zero-order chi connectivity index (χ0) is 24.5. The summed E-state index contributed by atoms with van der Waals surface area (Å²) in [5.74, 6) is 0.0400. The van der Waals surface area contributed by atoms with Crippen molar-refractivity contribution >= 4 is 23.7 Å². The van der Waals surface area contributed by atoms with Crippen molar-refractivity contribution in [3.8, 4) is 0 Å². The second kappa shape index (κ2) is 16.7. The predicted molar refractivity (Wildman–Crippen MR) is 148 cm³/mol. The van der Waals surface area contributed by atoms with Crippen molar-refractivity contribution in [1.29, 1.82) is 0 Å². The summed E-state index contributed by atoms with van der Waals surface area (Å²) >= 11 is 0. The minimum absolute atomic E-state index is 0.0400. The van der Waals surface area contributed by atoms with E-state index >= 15 is 0 Å². The largest absolute Gasteiger partial charge is 0.342 e.